The van der Waals surface area contributed by atoms with Gasteiger partial charge in [0.05, 0.1) is 4.88 Å². The Hall–Kier alpha value is -2.74. The number of hydrogen-bond donors (Lipinski definition) is 2. The number of carbonyl (C=O) groups is 3. The zero-order valence-electron chi connectivity index (χ0n) is 16.9. The van der Waals surface area contributed by atoms with Gasteiger partial charge in [0.2, 0.25) is 5.91 Å². The minimum atomic E-state index is -0.701. The minimum Gasteiger partial charge on any atom is -0.354 e. The molecular weight excluding hydrogens is 405 g/mol. The maximum atomic E-state index is 13.1. The molecule has 1 aromatic carbocycles. The summed E-state index contributed by atoms with van der Waals surface area (Å²) in [6, 6.07) is 8.19. The molecule has 1 aliphatic rings. The average molecular weight is 432 g/mol. The van der Waals surface area contributed by atoms with E-state index in [4.69, 9.17) is 0 Å². The van der Waals surface area contributed by atoms with Crippen LogP contribution in [0.5, 0.6) is 0 Å². The van der Waals surface area contributed by atoms with Crippen LogP contribution in [-0.4, -0.2) is 48.3 Å². The fourth-order valence-corrected chi connectivity index (χ4v) is 4.26. The third-order valence-corrected chi connectivity index (χ3v) is 6.11. The number of benzene rings is 1. The molecule has 8 heteroatoms. The first-order valence-electron chi connectivity index (χ1n) is 10.2. The van der Waals surface area contributed by atoms with Gasteiger partial charge in [-0.3, -0.25) is 14.4 Å². The molecule has 3 rings (SSSR count). The van der Waals surface area contributed by atoms with Crippen LogP contribution in [0.4, 0.5) is 4.39 Å². The van der Waals surface area contributed by atoms with Crippen LogP contribution in [0.25, 0.3) is 0 Å². The Bertz CT molecular complexity index is 862. The van der Waals surface area contributed by atoms with E-state index < -0.39 is 17.8 Å². The molecule has 1 atom stereocenters. The van der Waals surface area contributed by atoms with Gasteiger partial charge >= 0.3 is 0 Å². The van der Waals surface area contributed by atoms with E-state index in [1.165, 1.54) is 35.6 Å². The smallest absolute Gasteiger partial charge is 0.263 e. The zero-order valence-corrected chi connectivity index (χ0v) is 17.7. The summed E-state index contributed by atoms with van der Waals surface area (Å²) < 4.78 is 13.1. The lowest BCUT2D eigenvalue weighted by Gasteiger charge is -2.35. The van der Waals surface area contributed by atoms with Gasteiger partial charge < -0.3 is 15.5 Å². The first kappa shape index (κ1) is 22.0. The molecule has 1 saturated heterocycles. The van der Waals surface area contributed by atoms with E-state index in [1.54, 1.807) is 4.90 Å². The molecule has 1 aromatic heterocycles. The minimum absolute atomic E-state index is 0.00535. The van der Waals surface area contributed by atoms with Crippen molar-refractivity contribution in [2.45, 2.75) is 32.2 Å². The molecule has 30 heavy (non-hydrogen) atoms. The number of rotatable bonds is 7. The van der Waals surface area contributed by atoms with Crippen LogP contribution < -0.4 is 10.6 Å². The van der Waals surface area contributed by atoms with Crippen molar-refractivity contribution >= 4 is 29.1 Å². The number of nitrogens with one attached hydrogen (secondary N) is 2. The summed E-state index contributed by atoms with van der Waals surface area (Å²) in [5.41, 5.74) is 0.301. The van der Waals surface area contributed by atoms with Crippen LogP contribution in [0.2, 0.25) is 0 Å². The highest BCUT2D eigenvalue weighted by molar-refractivity contribution is 7.12. The Kier molecular flexibility index (Phi) is 7.57. The Morgan fingerprint density at radius 1 is 1.17 bits per heavy atom. The van der Waals surface area contributed by atoms with Gasteiger partial charge in [0, 0.05) is 25.2 Å². The lowest BCUT2D eigenvalue weighted by molar-refractivity contribution is -0.124. The van der Waals surface area contributed by atoms with E-state index in [2.05, 4.69) is 10.6 Å². The molecule has 0 saturated carbocycles. The summed E-state index contributed by atoms with van der Waals surface area (Å²) in [4.78, 5) is 40.5. The van der Waals surface area contributed by atoms with E-state index in [9.17, 15) is 18.8 Å². The molecule has 3 amide bonds. The first-order chi connectivity index (χ1) is 14.5. The molecule has 1 aliphatic heterocycles. The highest BCUT2D eigenvalue weighted by Crippen LogP contribution is 2.24. The highest BCUT2D eigenvalue weighted by Gasteiger charge is 2.34. The number of nitrogens with zero attached hydrogens (tertiary/aromatic N) is 1. The first-order valence-corrected chi connectivity index (χ1v) is 11.0. The number of piperidine rings is 1. The van der Waals surface area contributed by atoms with Gasteiger partial charge in [-0.1, -0.05) is 13.0 Å². The largest absolute Gasteiger partial charge is 0.354 e. The number of halogens is 1. The van der Waals surface area contributed by atoms with Gasteiger partial charge in [-0.15, -0.1) is 11.3 Å². The monoisotopic (exact) mass is 431 g/mol. The number of amides is 3. The summed E-state index contributed by atoms with van der Waals surface area (Å²) in [5.74, 6) is -1.14. The molecule has 0 radical (unpaired) electrons. The summed E-state index contributed by atoms with van der Waals surface area (Å²) >= 11 is 1.41. The topological polar surface area (TPSA) is 78.5 Å². The molecule has 0 spiro atoms. The van der Waals surface area contributed by atoms with Crippen LogP contribution >= 0.6 is 11.3 Å². The predicted molar refractivity (Wildman–Crippen MR) is 114 cm³/mol. The summed E-state index contributed by atoms with van der Waals surface area (Å²) in [7, 11) is 0. The predicted octanol–water partition coefficient (Wildman–Crippen LogP) is 3.06. The molecular formula is C22H26FN3O3S. The SMILES string of the molecule is CCCNC(=O)C(NC(=O)c1ccc(F)cc1)C1CCN(C(=O)c2cccs2)CC1. The Morgan fingerprint density at radius 3 is 2.47 bits per heavy atom. The lowest BCUT2D eigenvalue weighted by atomic mass is 9.88. The standard InChI is InChI=1S/C22H26FN3O3S/c1-2-11-24-21(28)19(25-20(27)16-5-7-17(23)8-6-16)15-9-12-26(13-10-15)22(29)18-4-3-14-30-18/h3-8,14-15,19H,2,9-13H2,1H3,(H,24,28)(H,25,27). The molecule has 2 aromatic rings. The third-order valence-electron chi connectivity index (χ3n) is 5.25. The summed E-state index contributed by atoms with van der Waals surface area (Å²) in [6.07, 6.45) is 2.02. The summed E-state index contributed by atoms with van der Waals surface area (Å²) in [6.45, 7) is 3.55. The van der Waals surface area contributed by atoms with Crippen molar-refractivity contribution in [2.75, 3.05) is 19.6 Å². The second-order valence-corrected chi connectivity index (χ2v) is 8.30. The Morgan fingerprint density at radius 2 is 1.87 bits per heavy atom. The van der Waals surface area contributed by atoms with Gasteiger partial charge in [-0.25, -0.2) is 4.39 Å². The van der Waals surface area contributed by atoms with Crippen LogP contribution in [0, 0.1) is 11.7 Å². The fraction of sp³-hybridized carbons (Fsp3) is 0.409. The van der Waals surface area contributed by atoms with E-state index in [-0.39, 0.29) is 17.7 Å². The quantitative estimate of drug-likeness (QED) is 0.707. The van der Waals surface area contributed by atoms with Crippen molar-refractivity contribution in [2.24, 2.45) is 5.92 Å². The molecule has 6 nitrogen and oxygen atoms in total. The molecule has 1 fully saturated rings. The molecule has 160 valence electrons. The number of likely N-dealkylation sites (tertiary alicyclic amines) is 1. The van der Waals surface area contributed by atoms with Crippen LogP contribution in [0.15, 0.2) is 41.8 Å². The number of thiophene rings is 1. The zero-order chi connectivity index (χ0) is 21.5. The van der Waals surface area contributed by atoms with Crippen LogP contribution in [0.3, 0.4) is 0 Å². The van der Waals surface area contributed by atoms with Gasteiger partial charge in [-0.05, 0) is 60.9 Å². The average Bonchev–Trinajstić information content (AvgIpc) is 3.31. The summed E-state index contributed by atoms with van der Waals surface area (Å²) in [5, 5.41) is 7.56. The van der Waals surface area contributed by atoms with Crippen LogP contribution in [-0.2, 0) is 4.79 Å². The number of carbonyl (C=O) groups excluding carboxylic acids is 3. The maximum Gasteiger partial charge on any atom is 0.263 e. The van der Waals surface area contributed by atoms with Crippen molar-refractivity contribution in [3.63, 3.8) is 0 Å². The van der Waals surface area contributed by atoms with Gasteiger partial charge in [-0.2, -0.15) is 0 Å². The molecule has 1 unspecified atom stereocenters. The molecule has 2 N–H and O–H groups in total. The van der Waals surface area contributed by atoms with E-state index in [0.29, 0.717) is 42.9 Å². The fourth-order valence-electron chi connectivity index (χ4n) is 3.57. The van der Waals surface area contributed by atoms with E-state index in [1.807, 2.05) is 24.4 Å². The van der Waals surface area contributed by atoms with E-state index in [0.717, 1.165) is 6.42 Å². The number of hydrogen-bond acceptors (Lipinski definition) is 4. The lowest BCUT2D eigenvalue weighted by Crippen LogP contribution is -2.54. The maximum absolute atomic E-state index is 13.1. The molecule has 0 bridgehead atoms. The van der Waals surface area contributed by atoms with Gasteiger partial charge in [0.25, 0.3) is 11.8 Å². The van der Waals surface area contributed by atoms with Crippen molar-refractivity contribution in [3.8, 4) is 0 Å². The van der Waals surface area contributed by atoms with Crippen molar-refractivity contribution in [3.05, 3.63) is 58.0 Å². The second-order valence-electron chi connectivity index (χ2n) is 7.36. The second kappa shape index (κ2) is 10.3. The van der Waals surface area contributed by atoms with Crippen molar-refractivity contribution < 1.29 is 18.8 Å². The van der Waals surface area contributed by atoms with Crippen molar-refractivity contribution in [1.82, 2.24) is 15.5 Å². The third kappa shape index (κ3) is 5.44. The molecule has 2 heterocycles. The van der Waals surface area contributed by atoms with E-state index >= 15 is 0 Å². The normalized spacial score (nSPS) is 15.5. The Balaban J connectivity index is 1.66. The molecule has 0 aliphatic carbocycles. The highest BCUT2D eigenvalue weighted by atomic mass is 32.1. The van der Waals surface area contributed by atoms with Gasteiger partial charge in [0.1, 0.15) is 11.9 Å². The Labute approximate surface area is 179 Å². The van der Waals surface area contributed by atoms with Crippen molar-refractivity contribution in [1.29, 1.82) is 0 Å². The van der Waals surface area contributed by atoms with Crippen LogP contribution in [0.1, 0.15) is 46.2 Å². The van der Waals surface area contributed by atoms with Gasteiger partial charge in [0.15, 0.2) is 0 Å².